The van der Waals surface area contributed by atoms with Crippen LogP contribution in [0.5, 0.6) is 0 Å². The molecule has 0 aliphatic heterocycles. The Kier molecular flexibility index (Phi) is 4.39. The van der Waals surface area contributed by atoms with E-state index in [1.807, 2.05) is 24.3 Å². The third kappa shape index (κ3) is 3.44. The van der Waals surface area contributed by atoms with Crippen molar-refractivity contribution in [3.8, 4) is 0 Å². The molecule has 1 atom stereocenters. The first-order chi connectivity index (χ1) is 10.5. The molecule has 1 amide bonds. The smallest absolute Gasteiger partial charge is 0.325 e. The normalized spacial score (nSPS) is 15.5. The van der Waals surface area contributed by atoms with Crippen LogP contribution in [-0.4, -0.2) is 25.9 Å². The summed E-state index contributed by atoms with van der Waals surface area (Å²) in [7, 11) is 0. The van der Waals surface area contributed by atoms with Gasteiger partial charge in [0.25, 0.3) is 0 Å². The van der Waals surface area contributed by atoms with E-state index in [2.05, 4.69) is 31.4 Å². The lowest BCUT2D eigenvalue weighted by Crippen LogP contribution is -2.23. The number of thioether (sulfide) groups is 1. The Morgan fingerprint density at radius 2 is 2.32 bits per heavy atom. The van der Waals surface area contributed by atoms with Crippen molar-refractivity contribution in [1.29, 1.82) is 0 Å². The second kappa shape index (κ2) is 6.29. The van der Waals surface area contributed by atoms with Crippen molar-refractivity contribution in [2.24, 2.45) is 0 Å². The molecule has 1 aliphatic rings. The fraction of sp³-hybridized carbons (Fsp3) is 0.357. The summed E-state index contributed by atoms with van der Waals surface area (Å²) in [6.07, 6.45) is 1.98. The molecule has 0 spiro atoms. The number of carbonyl (C=O) groups is 1. The van der Waals surface area contributed by atoms with E-state index in [4.69, 9.17) is 0 Å². The Labute approximate surface area is 139 Å². The molecule has 1 saturated carbocycles. The summed E-state index contributed by atoms with van der Waals surface area (Å²) in [5, 5.41) is 9.56. The molecule has 1 aliphatic carbocycles. The van der Waals surface area contributed by atoms with Gasteiger partial charge in [-0.2, -0.15) is 0 Å². The fourth-order valence-electron chi connectivity index (χ4n) is 2.05. The average Bonchev–Trinajstić information content (AvgIpc) is 3.24. The number of nitrogens with one attached hydrogen (secondary N) is 2. The lowest BCUT2D eigenvalue weighted by atomic mass is 10.3. The molecular formula is C14H15BrN4O2S. The van der Waals surface area contributed by atoms with Gasteiger partial charge in [0.1, 0.15) is 0 Å². The number of rotatable bonds is 5. The van der Waals surface area contributed by atoms with Crippen molar-refractivity contribution in [2.45, 2.75) is 36.2 Å². The molecule has 0 bridgehead atoms. The van der Waals surface area contributed by atoms with E-state index in [9.17, 15) is 9.59 Å². The third-order valence-corrected chi connectivity index (χ3v) is 4.89. The number of halogens is 1. The minimum Gasteiger partial charge on any atom is -0.325 e. The lowest BCUT2D eigenvalue weighted by molar-refractivity contribution is -0.115. The highest BCUT2D eigenvalue weighted by Crippen LogP contribution is 2.36. The molecule has 1 aromatic carbocycles. The molecule has 2 N–H and O–H groups in total. The quantitative estimate of drug-likeness (QED) is 0.779. The van der Waals surface area contributed by atoms with Gasteiger partial charge in [0.05, 0.1) is 5.25 Å². The van der Waals surface area contributed by atoms with Gasteiger partial charge in [-0.1, -0.05) is 33.8 Å². The van der Waals surface area contributed by atoms with E-state index in [1.165, 1.54) is 11.8 Å². The van der Waals surface area contributed by atoms with Crippen molar-refractivity contribution in [3.63, 3.8) is 0 Å². The van der Waals surface area contributed by atoms with E-state index >= 15 is 0 Å². The molecule has 0 unspecified atom stereocenters. The summed E-state index contributed by atoms with van der Waals surface area (Å²) in [5.74, 6) is -0.124. The zero-order valence-corrected chi connectivity index (χ0v) is 14.3. The highest BCUT2D eigenvalue weighted by Gasteiger charge is 2.30. The number of H-pyrrole nitrogens is 1. The maximum absolute atomic E-state index is 12.3. The first-order valence-electron chi connectivity index (χ1n) is 6.94. The predicted molar refractivity (Wildman–Crippen MR) is 89.2 cm³/mol. The van der Waals surface area contributed by atoms with Crippen molar-refractivity contribution >= 4 is 39.3 Å². The van der Waals surface area contributed by atoms with E-state index in [0.717, 1.165) is 23.0 Å². The van der Waals surface area contributed by atoms with Gasteiger partial charge in [-0.3, -0.25) is 9.36 Å². The largest absolute Gasteiger partial charge is 0.344 e. The minimum atomic E-state index is -0.355. The number of benzene rings is 1. The zero-order valence-electron chi connectivity index (χ0n) is 11.9. The van der Waals surface area contributed by atoms with Crippen molar-refractivity contribution < 1.29 is 4.79 Å². The first kappa shape index (κ1) is 15.4. The number of nitrogens with zero attached hydrogens (tertiary/aromatic N) is 2. The molecule has 1 aromatic heterocycles. The van der Waals surface area contributed by atoms with Gasteiger partial charge in [0, 0.05) is 16.2 Å². The Bertz CT molecular complexity index is 753. The van der Waals surface area contributed by atoms with Crippen molar-refractivity contribution in [3.05, 3.63) is 39.2 Å². The lowest BCUT2D eigenvalue weighted by Gasteiger charge is -2.12. The van der Waals surface area contributed by atoms with Gasteiger partial charge < -0.3 is 5.32 Å². The molecule has 116 valence electrons. The monoisotopic (exact) mass is 382 g/mol. The summed E-state index contributed by atoms with van der Waals surface area (Å²) in [5.41, 5.74) is 0.526. The number of anilines is 1. The van der Waals surface area contributed by atoms with Crippen LogP contribution in [0.2, 0.25) is 0 Å². The summed E-state index contributed by atoms with van der Waals surface area (Å²) < 4.78 is 2.55. The van der Waals surface area contributed by atoms with Gasteiger partial charge in [0.15, 0.2) is 5.16 Å². The molecule has 0 saturated heterocycles. The van der Waals surface area contributed by atoms with Crippen LogP contribution in [0, 0.1) is 0 Å². The predicted octanol–water partition coefficient (Wildman–Crippen LogP) is 2.79. The molecule has 0 radical (unpaired) electrons. The standard InChI is InChI=1S/C14H15BrN4O2S/c1-8(12(20)16-10-4-2-3-9(15)7-10)22-14-18-17-13(21)19(14)11-5-6-11/h2-4,7-8,11H,5-6H2,1H3,(H,16,20)(H,17,21)/t8-/m1/s1. The Morgan fingerprint density at radius 1 is 1.55 bits per heavy atom. The minimum absolute atomic E-state index is 0.124. The third-order valence-electron chi connectivity index (χ3n) is 3.33. The van der Waals surface area contributed by atoms with Crippen LogP contribution in [-0.2, 0) is 4.79 Å². The number of aromatic amines is 1. The van der Waals surface area contributed by atoms with Crippen LogP contribution in [0.15, 0.2) is 38.7 Å². The summed E-state index contributed by atoms with van der Waals surface area (Å²) >= 11 is 4.66. The maximum atomic E-state index is 12.3. The molecule has 22 heavy (non-hydrogen) atoms. The van der Waals surface area contributed by atoms with Gasteiger partial charge in [0.2, 0.25) is 5.91 Å². The van der Waals surface area contributed by atoms with E-state index in [0.29, 0.717) is 5.16 Å². The summed E-state index contributed by atoms with van der Waals surface area (Å²) in [6, 6.07) is 7.65. The molecule has 1 heterocycles. The average molecular weight is 383 g/mol. The SMILES string of the molecule is C[C@@H](Sc1n[nH]c(=O)n1C1CC1)C(=O)Nc1cccc(Br)c1. The van der Waals surface area contributed by atoms with E-state index in [-0.39, 0.29) is 22.9 Å². The van der Waals surface area contributed by atoms with Crippen LogP contribution in [0.25, 0.3) is 0 Å². The van der Waals surface area contributed by atoms with Crippen molar-refractivity contribution in [2.75, 3.05) is 5.32 Å². The molecular weight excluding hydrogens is 368 g/mol. The fourth-order valence-corrected chi connectivity index (χ4v) is 3.38. The number of hydrogen-bond acceptors (Lipinski definition) is 4. The van der Waals surface area contributed by atoms with Gasteiger partial charge >= 0.3 is 5.69 Å². The summed E-state index contributed by atoms with van der Waals surface area (Å²) in [4.78, 5) is 24.0. The molecule has 6 nitrogen and oxygen atoms in total. The van der Waals surface area contributed by atoms with Crippen LogP contribution in [0.3, 0.4) is 0 Å². The Balaban J connectivity index is 1.68. The van der Waals surface area contributed by atoms with Crippen molar-refractivity contribution in [1.82, 2.24) is 14.8 Å². The number of amides is 1. The molecule has 3 rings (SSSR count). The van der Waals surface area contributed by atoms with Gasteiger partial charge in [-0.25, -0.2) is 9.89 Å². The second-order valence-electron chi connectivity index (χ2n) is 5.17. The number of hydrogen-bond donors (Lipinski definition) is 2. The van der Waals surface area contributed by atoms with Crippen LogP contribution in [0.4, 0.5) is 5.69 Å². The molecule has 2 aromatic rings. The van der Waals surface area contributed by atoms with Gasteiger partial charge in [-0.15, -0.1) is 5.10 Å². The Morgan fingerprint density at radius 3 is 3.00 bits per heavy atom. The van der Waals surface area contributed by atoms with Crippen LogP contribution >= 0.6 is 27.7 Å². The second-order valence-corrected chi connectivity index (χ2v) is 7.40. The molecule has 8 heteroatoms. The van der Waals surface area contributed by atoms with E-state index in [1.54, 1.807) is 11.5 Å². The molecule has 1 fully saturated rings. The Hall–Kier alpha value is -1.54. The maximum Gasteiger partial charge on any atom is 0.344 e. The van der Waals surface area contributed by atoms with Crippen LogP contribution < -0.4 is 11.0 Å². The summed E-state index contributed by atoms with van der Waals surface area (Å²) in [6.45, 7) is 1.80. The number of aromatic nitrogens is 3. The van der Waals surface area contributed by atoms with Crippen LogP contribution in [0.1, 0.15) is 25.8 Å². The van der Waals surface area contributed by atoms with Gasteiger partial charge in [-0.05, 0) is 38.0 Å². The van der Waals surface area contributed by atoms with E-state index < -0.39 is 0 Å². The first-order valence-corrected chi connectivity index (χ1v) is 8.62. The zero-order chi connectivity index (χ0) is 15.7. The topological polar surface area (TPSA) is 79.8 Å². The number of carbonyl (C=O) groups excluding carboxylic acids is 1. The highest BCUT2D eigenvalue weighted by atomic mass is 79.9. The highest BCUT2D eigenvalue weighted by molar-refractivity contribution is 9.10.